The summed E-state index contributed by atoms with van der Waals surface area (Å²) in [5.74, 6) is 1.94. The van der Waals surface area contributed by atoms with Gasteiger partial charge in [-0.15, -0.1) is 5.10 Å². The van der Waals surface area contributed by atoms with E-state index in [0.717, 1.165) is 11.3 Å². The molecule has 0 saturated carbocycles. The van der Waals surface area contributed by atoms with Gasteiger partial charge in [0.15, 0.2) is 5.82 Å². The van der Waals surface area contributed by atoms with Gasteiger partial charge < -0.3 is 4.42 Å². The first-order valence-corrected chi connectivity index (χ1v) is 7.40. The van der Waals surface area contributed by atoms with Gasteiger partial charge in [0, 0.05) is 24.0 Å². The summed E-state index contributed by atoms with van der Waals surface area (Å²) in [7, 11) is 0. The van der Waals surface area contributed by atoms with Gasteiger partial charge in [0.1, 0.15) is 16.1 Å². The van der Waals surface area contributed by atoms with Crippen molar-refractivity contribution < 1.29 is 4.42 Å². The summed E-state index contributed by atoms with van der Waals surface area (Å²) >= 11 is 1.28. The number of furan rings is 1. The number of pyridine rings is 1. The molecule has 4 aromatic rings. The Bertz CT molecular complexity index is 1060. The summed E-state index contributed by atoms with van der Waals surface area (Å²) in [5, 5.41) is 4.26. The summed E-state index contributed by atoms with van der Waals surface area (Å²) in [6.07, 6.45) is 5.06. The monoisotopic (exact) mass is 310 g/mol. The molecule has 0 N–H and O–H groups in total. The van der Waals surface area contributed by atoms with Gasteiger partial charge in [-0.3, -0.25) is 9.78 Å². The molecule has 0 aliphatic rings. The maximum absolute atomic E-state index is 12.4. The molecule has 0 aromatic carbocycles. The number of aryl methyl sites for hydroxylation is 1. The van der Waals surface area contributed by atoms with Crippen LogP contribution in [0.4, 0.5) is 0 Å². The number of thiazole rings is 1. The van der Waals surface area contributed by atoms with Gasteiger partial charge in [0.2, 0.25) is 4.96 Å². The van der Waals surface area contributed by atoms with E-state index in [9.17, 15) is 4.79 Å². The van der Waals surface area contributed by atoms with Crippen LogP contribution in [0.25, 0.3) is 22.4 Å². The maximum Gasteiger partial charge on any atom is 0.291 e. The number of fused-ring (bicyclic) bond motifs is 1. The minimum atomic E-state index is -0.198. The van der Waals surface area contributed by atoms with Gasteiger partial charge in [-0.1, -0.05) is 11.3 Å². The highest BCUT2D eigenvalue weighted by atomic mass is 32.1. The number of aromatic nitrogens is 4. The molecule has 0 fully saturated rings. The highest BCUT2D eigenvalue weighted by Gasteiger charge is 2.12. The van der Waals surface area contributed by atoms with Crippen molar-refractivity contribution in [1.82, 2.24) is 19.6 Å². The molecule has 0 atom stereocenters. The quantitative estimate of drug-likeness (QED) is 0.563. The zero-order valence-electron chi connectivity index (χ0n) is 11.6. The van der Waals surface area contributed by atoms with E-state index < -0.39 is 0 Å². The van der Waals surface area contributed by atoms with Crippen molar-refractivity contribution in [2.45, 2.75) is 6.92 Å². The number of hydrogen-bond donors (Lipinski definition) is 0. The van der Waals surface area contributed by atoms with Crippen LogP contribution in [0.1, 0.15) is 11.5 Å². The largest absolute Gasteiger partial charge is 0.462 e. The third-order valence-corrected chi connectivity index (χ3v) is 4.10. The topological polar surface area (TPSA) is 73.3 Å². The summed E-state index contributed by atoms with van der Waals surface area (Å²) in [4.78, 5) is 21.3. The molecule has 0 aliphatic carbocycles. The van der Waals surface area contributed by atoms with Crippen LogP contribution in [0.2, 0.25) is 0 Å². The first kappa shape index (κ1) is 12.9. The Morgan fingerprint density at radius 2 is 2.23 bits per heavy atom. The average molecular weight is 310 g/mol. The lowest BCUT2D eigenvalue weighted by atomic mass is 10.3. The van der Waals surface area contributed by atoms with Gasteiger partial charge >= 0.3 is 0 Å². The SMILES string of the molecule is Cc1ccc(/C=c2\sc3nc(-c4cccnc4)nn3c2=O)o1. The van der Waals surface area contributed by atoms with Crippen molar-refractivity contribution in [3.05, 3.63) is 63.1 Å². The molecule has 0 saturated heterocycles. The maximum atomic E-state index is 12.4. The molecule has 0 unspecified atom stereocenters. The van der Waals surface area contributed by atoms with Crippen LogP contribution in [-0.4, -0.2) is 19.6 Å². The lowest BCUT2D eigenvalue weighted by molar-refractivity contribution is 0.525. The Morgan fingerprint density at radius 3 is 2.91 bits per heavy atom. The van der Waals surface area contributed by atoms with Crippen LogP contribution >= 0.6 is 11.3 Å². The smallest absolute Gasteiger partial charge is 0.291 e. The van der Waals surface area contributed by atoms with Gasteiger partial charge in [-0.05, 0) is 31.2 Å². The zero-order valence-corrected chi connectivity index (χ0v) is 12.4. The first-order chi connectivity index (χ1) is 10.7. The van der Waals surface area contributed by atoms with Crippen molar-refractivity contribution in [3.63, 3.8) is 0 Å². The van der Waals surface area contributed by atoms with E-state index in [-0.39, 0.29) is 5.56 Å². The Balaban J connectivity index is 1.85. The standard InChI is InChI=1S/C15H10N4O2S/c1-9-4-5-11(21-9)7-12-14(20)19-15(22-12)17-13(18-19)10-3-2-6-16-8-10/h2-8H,1H3/b12-7-. The lowest BCUT2D eigenvalue weighted by Crippen LogP contribution is -2.23. The first-order valence-electron chi connectivity index (χ1n) is 6.59. The second kappa shape index (κ2) is 4.88. The molecule has 22 heavy (non-hydrogen) atoms. The van der Waals surface area contributed by atoms with E-state index in [4.69, 9.17) is 4.42 Å². The van der Waals surface area contributed by atoms with Crippen molar-refractivity contribution >= 4 is 22.4 Å². The molecule has 0 bridgehead atoms. The van der Waals surface area contributed by atoms with E-state index in [0.29, 0.717) is 21.1 Å². The molecule has 4 heterocycles. The molecule has 4 rings (SSSR count). The van der Waals surface area contributed by atoms with Gasteiger partial charge in [-0.2, -0.15) is 9.50 Å². The Morgan fingerprint density at radius 1 is 1.32 bits per heavy atom. The highest BCUT2D eigenvalue weighted by Crippen LogP contribution is 2.14. The fourth-order valence-corrected chi connectivity index (χ4v) is 3.00. The number of nitrogens with zero attached hydrogens (tertiary/aromatic N) is 4. The molecule has 7 heteroatoms. The minimum absolute atomic E-state index is 0.198. The molecule has 6 nitrogen and oxygen atoms in total. The van der Waals surface area contributed by atoms with Crippen LogP contribution in [-0.2, 0) is 0 Å². The molecule has 0 spiro atoms. The van der Waals surface area contributed by atoms with E-state index >= 15 is 0 Å². The molecule has 0 amide bonds. The Kier molecular flexibility index (Phi) is 2.87. The van der Waals surface area contributed by atoms with Crippen LogP contribution < -0.4 is 10.1 Å². The van der Waals surface area contributed by atoms with Gasteiger partial charge in [0.05, 0.1) is 0 Å². The van der Waals surface area contributed by atoms with Gasteiger partial charge in [-0.25, -0.2) is 0 Å². The van der Waals surface area contributed by atoms with E-state index in [1.165, 1.54) is 15.9 Å². The molecule has 108 valence electrons. The fourth-order valence-electron chi connectivity index (χ4n) is 2.11. The van der Waals surface area contributed by atoms with E-state index in [1.807, 2.05) is 25.1 Å². The van der Waals surface area contributed by atoms with E-state index in [1.54, 1.807) is 24.5 Å². The summed E-state index contributed by atoms with van der Waals surface area (Å²) in [5.41, 5.74) is 0.585. The van der Waals surface area contributed by atoms with Crippen LogP contribution in [0.15, 0.2) is 45.9 Å². The summed E-state index contributed by atoms with van der Waals surface area (Å²) in [6, 6.07) is 7.34. The lowest BCUT2D eigenvalue weighted by Gasteiger charge is -1.90. The third-order valence-electron chi connectivity index (χ3n) is 3.14. The predicted molar refractivity (Wildman–Crippen MR) is 82.6 cm³/mol. The second-order valence-corrected chi connectivity index (χ2v) is 5.74. The molecule has 0 aliphatic heterocycles. The van der Waals surface area contributed by atoms with Crippen molar-refractivity contribution in [3.8, 4) is 11.4 Å². The Hall–Kier alpha value is -2.80. The van der Waals surface area contributed by atoms with Crippen molar-refractivity contribution in [2.75, 3.05) is 0 Å². The zero-order chi connectivity index (χ0) is 15.1. The average Bonchev–Trinajstić information content (AvgIpc) is 3.19. The number of rotatable bonds is 2. The third kappa shape index (κ3) is 2.11. The molecule has 0 radical (unpaired) electrons. The van der Waals surface area contributed by atoms with E-state index in [2.05, 4.69) is 15.1 Å². The molecular formula is C15H10N4O2S. The molecular weight excluding hydrogens is 300 g/mol. The van der Waals surface area contributed by atoms with Crippen molar-refractivity contribution in [2.24, 2.45) is 0 Å². The molecule has 4 aromatic heterocycles. The summed E-state index contributed by atoms with van der Waals surface area (Å²) < 4.78 is 7.32. The van der Waals surface area contributed by atoms with Crippen molar-refractivity contribution in [1.29, 1.82) is 0 Å². The van der Waals surface area contributed by atoms with Crippen LogP contribution in [0.3, 0.4) is 0 Å². The highest BCUT2D eigenvalue weighted by molar-refractivity contribution is 7.15. The predicted octanol–water partition coefficient (Wildman–Crippen LogP) is 1.66. The summed E-state index contributed by atoms with van der Waals surface area (Å²) in [6.45, 7) is 1.86. The van der Waals surface area contributed by atoms with Crippen LogP contribution in [0, 0.1) is 6.92 Å². The normalized spacial score (nSPS) is 12.3. The number of hydrogen-bond acceptors (Lipinski definition) is 6. The minimum Gasteiger partial charge on any atom is -0.462 e. The Labute approximate surface area is 128 Å². The second-order valence-electron chi connectivity index (χ2n) is 4.74. The van der Waals surface area contributed by atoms with Gasteiger partial charge in [0.25, 0.3) is 5.56 Å². The fraction of sp³-hybridized carbons (Fsp3) is 0.0667. The van der Waals surface area contributed by atoms with Crippen LogP contribution in [0.5, 0.6) is 0 Å².